The van der Waals surface area contributed by atoms with Gasteiger partial charge in [0.15, 0.2) is 0 Å². The van der Waals surface area contributed by atoms with Crippen LogP contribution in [0.3, 0.4) is 0 Å². The molecular formula is C11H19N3O. The Morgan fingerprint density at radius 1 is 1.27 bits per heavy atom. The van der Waals surface area contributed by atoms with Crippen LogP contribution >= 0.6 is 0 Å². The van der Waals surface area contributed by atoms with Crippen LogP contribution in [0.2, 0.25) is 0 Å². The van der Waals surface area contributed by atoms with Gasteiger partial charge in [-0.15, -0.1) is 0 Å². The van der Waals surface area contributed by atoms with Crippen molar-refractivity contribution >= 4 is 5.82 Å². The van der Waals surface area contributed by atoms with Gasteiger partial charge in [-0.2, -0.15) is 4.98 Å². The van der Waals surface area contributed by atoms with Crippen molar-refractivity contribution in [2.75, 3.05) is 18.5 Å². The summed E-state index contributed by atoms with van der Waals surface area (Å²) in [5, 5.41) is 3.10. The zero-order chi connectivity index (χ0) is 10.9. The molecule has 0 saturated heterocycles. The smallest absolute Gasteiger partial charge is 0.234 e. The average molecular weight is 209 g/mol. The highest BCUT2D eigenvalue weighted by Gasteiger charge is 1.98. The first kappa shape index (κ1) is 11.8. The summed E-state index contributed by atoms with van der Waals surface area (Å²) in [5.74, 6) is 1.37. The van der Waals surface area contributed by atoms with Crippen molar-refractivity contribution in [2.45, 2.75) is 33.1 Å². The summed E-state index contributed by atoms with van der Waals surface area (Å²) < 4.78 is 5.48. The molecule has 0 saturated carbocycles. The third-order valence-corrected chi connectivity index (χ3v) is 1.97. The van der Waals surface area contributed by atoms with E-state index in [1.807, 2.05) is 6.92 Å². The largest absolute Gasteiger partial charge is 0.477 e. The van der Waals surface area contributed by atoms with Crippen LogP contribution in [0.5, 0.6) is 5.88 Å². The molecule has 1 aromatic rings. The number of unbranched alkanes of at least 4 members (excludes halogenated alkanes) is 2. The van der Waals surface area contributed by atoms with Crippen LogP contribution in [0, 0.1) is 0 Å². The summed E-state index contributed by atoms with van der Waals surface area (Å²) in [6.07, 6.45) is 6.81. The van der Waals surface area contributed by atoms with Gasteiger partial charge in [-0.1, -0.05) is 19.8 Å². The summed E-state index contributed by atoms with van der Waals surface area (Å²) in [7, 11) is 0. The Hall–Kier alpha value is -1.32. The Morgan fingerprint density at radius 3 is 2.87 bits per heavy atom. The van der Waals surface area contributed by atoms with E-state index in [1.165, 1.54) is 12.8 Å². The first-order chi connectivity index (χ1) is 7.36. The summed E-state index contributed by atoms with van der Waals surface area (Å²) in [6.45, 7) is 5.76. The Morgan fingerprint density at radius 2 is 2.13 bits per heavy atom. The van der Waals surface area contributed by atoms with Crippen molar-refractivity contribution in [3.63, 3.8) is 0 Å². The van der Waals surface area contributed by atoms with Gasteiger partial charge in [0.25, 0.3) is 0 Å². The molecule has 0 aliphatic heterocycles. The van der Waals surface area contributed by atoms with Gasteiger partial charge in [-0.3, -0.25) is 4.98 Å². The molecule has 1 heterocycles. The molecule has 4 nitrogen and oxygen atoms in total. The van der Waals surface area contributed by atoms with Crippen molar-refractivity contribution < 1.29 is 4.74 Å². The second kappa shape index (κ2) is 7.04. The molecule has 0 aliphatic rings. The minimum Gasteiger partial charge on any atom is -0.477 e. The van der Waals surface area contributed by atoms with E-state index in [-0.39, 0.29) is 0 Å². The minimum atomic E-state index is 0.601. The van der Waals surface area contributed by atoms with E-state index < -0.39 is 0 Å². The number of anilines is 1. The Bertz CT molecular complexity index is 278. The number of nitrogens with one attached hydrogen (secondary N) is 1. The van der Waals surface area contributed by atoms with Gasteiger partial charge in [0.1, 0.15) is 5.82 Å². The molecule has 0 fully saturated rings. The molecule has 0 atom stereocenters. The molecule has 0 radical (unpaired) electrons. The van der Waals surface area contributed by atoms with Crippen molar-refractivity contribution in [1.29, 1.82) is 0 Å². The standard InChI is InChI=1S/C11H19N3O/c1-3-5-6-7-15-11-9-12-8-10(14-11)13-4-2/h8-9H,3-7H2,1-2H3,(H,13,14). The average Bonchev–Trinajstić information content (AvgIpc) is 2.26. The van der Waals surface area contributed by atoms with Gasteiger partial charge in [-0.05, 0) is 13.3 Å². The van der Waals surface area contributed by atoms with Crippen LogP contribution in [-0.2, 0) is 0 Å². The molecule has 15 heavy (non-hydrogen) atoms. The minimum absolute atomic E-state index is 0.601. The quantitative estimate of drug-likeness (QED) is 0.701. The third-order valence-electron chi connectivity index (χ3n) is 1.97. The summed E-state index contributed by atoms with van der Waals surface area (Å²) in [4.78, 5) is 8.32. The first-order valence-corrected chi connectivity index (χ1v) is 5.55. The zero-order valence-corrected chi connectivity index (χ0v) is 9.49. The Kier molecular flexibility index (Phi) is 5.51. The van der Waals surface area contributed by atoms with Crippen molar-refractivity contribution in [3.8, 4) is 5.88 Å². The predicted molar refractivity (Wildman–Crippen MR) is 61.2 cm³/mol. The Balaban J connectivity index is 2.36. The second-order valence-corrected chi connectivity index (χ2v) is 3.33. The highest BCUT2D eigenvalue weighted by Crippen LogP contribution is 2.09. The normalized spacial score (nSPS) is 10.0. The fraction of sp³-hybridized carbons (Fsp3) is 0.636. The van der Waals surface area contributed by atoms with Crippen LogP contribution in [0.25, 0.3) is 0 Å². The zero-order valence-electron chi connectivity index (χ0n) is 9.49. The van der Waals surface area contributed by atoms with Crippen molar-refractivity contribution in [2.24, 2.45) is 0 Å². The first-order valence-electron chi connectivity index (χ1n) is 5.55. The van der Waals surface area contributed by atoms with E-state index >= 15 is 0 Å². The molecule has 0 aromatic carbocycles. The molecule has 1 aromatic heterocycles. The number of hydrogen-bond acceptors (Lipinski definition) is 4. The van der Waals surface area contributed by atoms with Gasteiger partial charge < -0.3 is 10.1 Å². The lowest BCUT2D eigenvalue weighted by molar-refractivity contribution is 0.294. The summed E-state index contributed by atoms with van der Waals surface area (Å²) >= 11 is 0. The molecule has 4 heteroatoms. The van der Waals surface area contributed by atoms with Crippen LogP contribution in [-0.4, -0.2) is 23.1 Å². The molecule has 84 valence electrons. The van der Waals surface area contributed by atoms with Crippen molar-refractivity contribution in [3.05, 3.63) is 12.4 Å². The third kappa shape index (κ3) is 4.63. The van der Waals surface area contributed by atoms with E-state index in [1.54, 1.807) is 12.4 Å². The molecule has 1 rings (SSSR count). The molecule has 0 aliphatic carbocycles. The molecule has 0 unspecified atom stereocenters. The fourth-order valence-corrected chi connectivity index (χ4v) is 1.21. The summed E-state index contributed by atoms with van der Waals surface area (Å²) in [6, 6.07) is 0. The lowest BCUT2D eigenvalue weighted by Crippen LogP contribution is -2.03. The predicted octanol–water partition coefficient (Wildman–Crippen LogP) is 2.48. The number of rotatable bonds is 7. The lowest BCUT2D eigenvalue weighted by atomic mass is 10.3. The van der Waals surface area contributed by atoms with E-state index in [0.717, 1.165) is 25.4 Å². The van der Waals surface area contributed by atoms with Crippen LogP contribution in [0.1, 0.15) is 33.1 Å². The maximum atomic E-state index is 5.48. The molecule has 0 amide bonds. The van der Waals surface area contributed by atoms with E-state index in [4.69, 9.17) is 4.74 Å². The monoisotopic (exact) mass is 209 g/mol. The fourth-order valence-electron chi connectivity index (χ4n) is 1.21. The topological polar surface area (TPSA) is 47.0 Å². The van der Waals surface area contributed by atoms with E-state index in [2.05, 4.69) is 22.2 Å². The van der Waals surface area contributed by atoms with Gasteiger partial charge in [0, 0.05) is 6.54 Å². The highest BCUT2D eigenvalue weighted by atomic mass is 16.5. The van der Waals surface area contributed by atoms with Crippen LogP contribution < -0.4 is 10.1 Å². The van der Waals surface area contributed by atoms with Gasteiger partial charge in [0.05, 0.1) is 19.0 Å². The SMILES string of the molecule is CCCCCOc1cncc(NCC)n1. The van der Waals surface area contributed by atoms with Crippen LogP contribution in [0.15, 0.2) is 12.4 Å². The number of nitrogens with zero attached hydrogens (tertiary/aromatic N) is 2. The van der Waals surface area contributed by atoms with E-state index in [0.29, 0.717) is 5.88 Å². The summed E-state index contributed by atoms with van der Waals surface area (Å²) in [5.41, 5.74) is 0. The van der Waals surface area contributed by atoms with E-state index in [9.17, 15) is 0 Å². The molecule has 0 spiro atoms. The Labute approximate surface area is 91.1 Å². The number of hydrogen-bond donors (Lipinski definition) is 1. The van der Waals surface area contributed by atoms with Gasteiger partial charge in [-0.25, -0.2) is 0 Å². The maximum Gasteiger partial charge on any atom is 0.234 e. The second-order valence-electron chi connectivity index (χ2n) is 3.33. The highest BCUT2D eigenvalue weighted by molar-refractivity contribution is 5.32. The number of ether oxygens (including phenoxy) is 1. The van der Waals surface area contributed by atoms with Crippen molar-refractivity contribution in [1.82, 2.24) is 9.97 Å². The molecule has 1 N–H and O–H groups in total. The molecule has 0 bridgehead atoms. The van der Waals surface area contributed by atoms with Crippen LogP contribution in [0.4, 0.5) is 5.82 Å². The molecular weight excluding hydrogens is 190 g/mol. The van der Waals surface area contributed by atoms with Gasteiger partial charge >= 0.3 is 0 Å². The lowest BCUT2D eigenvalue weighted by Gasteiger charge is -2.06. The maximum absolute atomic E-state index is 5.48. The number of aromatic nitrogens is 2. The van der Waals surface area contributed by atoms with Gasteiger partial charge in [0.2, 0.25) is 5.88 Å².